The summed E-state index contributed by atoms with van der Waals surface area (Å²) in [6.07, 6.45) is 0.708. The summed E-state index contributed by atoms with van der Waals surface area (Å²) in [5, 5.41) is 19.3. The molecule has 4 rings (SSSR count). The number of carbonyl (C=O) groups is 1. The van der Waals surface area contributed by atoms with Gasteiger partial charge in [-0.3, -0.25) is 9.89 Å². The molecular weight excluding hydrogens is 524 g/mol. The molecule has 0 fully saturated rings. The normalized spacial score (nSPS) is 13.8. The minimum absolute atomic E-state index is 0.0423. The Labute approximate surface area is 230 Å². The number of amidine groups is 1. The van der Waals surface area contributed by atoms with Gasteiger partial charge in [0.25, 0.3) is 0 Å². The Morgan fingerprint density at radius 2 is 1.95 bits per heavy atom. The van der Waals surface area contributed by atoms with Crippen molar-refractivity contribution in [1.29, 1.82) is 0 Å². The Hall–Kier alpha value is -4.23. The van der Waals surface area contributed by atoms with Gasteiger partial charge in [-0.2, -0.15) is 5.10 Å². The van der Waals surface area contributed by atoms with Crippen LogP contribution in [0.5, 0.6) is 11.5 Å². The number of nitrogens with two attached hydrogens (primary N) is 1. The van der Waals surface area contributed by atoms with Gasteiger partial charge in [0.2, 0.25) is 5.91 Å². The van der Waals surface area contributed by atoms with Gasteiger partial charge in [-0.1, -0.05) is 6.92 Å². The summed E-state index contributed by atoms with van der Waals surface area (Å²) in [7, 11) is 1.52. The number of aliphatic hydroxyl groups excluding tert-OH is 1. The number of nitrogens with zero attached hydrogens (tertiary/aromatic N) is 4. The molecule has 0 radical (unpaired) electrons. The van der Waals surface area contributed by atoms with Crippen LogP contribution in [0, 0.1) is 11.6 Å². The quantitative estimate of drug-likeness (QED) is 0.235. The van der Waals surface area contributed by atoms with Gasteiger partial charge in [-0.25, -0.2) is 13.8 Å². The van der Waals surface area contributed by atoms with Crippen LogP contribution in [-0.4, -0.2) is 78.6 Å². The van der Waals surface area contributed by atoms with E-state index in [2.05, 4.69) is 25.4 Å². The molecule has 0 saturated heterocycles. The number of hydrogen-bond donors (Lipinski definition) is 4. The highest BCUT2D eigenvalue weighted by atomic mass is 19.1. The van der Waals surface area contributed by atoms with Gasteiger partial charge >= 0.3 is 0 Å². The van der Waals surface area contributed by atoms with E-state index in [1.165, 1.54) is 19.2 Å². The minimum Gasteiger partial charge on any atom is -0.493 e. The number of primary amides is 1. The number of likely N-dealkylation sites (N-methyl/N-ethyl adjacent to an activating group) is 1. The van der Waals surface area contributed by atoms with Gasteiger partial charge in [0, 0.05) is 42.5 Å². The first-order valence-corrected chi connectivity index (χ1v) is 12.9. The summed E-state index contributed by atoms with van der Waals surface area (Å²) in [5.41, 5.74) is 7.26. The number of carbonyl (C=O) groups excluding carboxylic acids is 1. The average molecular weight is 558 g/mol. The maximum Gasteiger partial charge on any atom is 0.223 e. The molecule has 2 heterocycles. The molecule has 1 amide bonds. The second-order valence-electron chi connectivity index (χ2n) is 9.13. The van der Waals surface area contributed by atoms with Gasteiger partial charge < -0.3 is 35.4 Å². The van der Waals surface area contributed by atoms with Crippen molar-refractivity contribution in [2.45, 2.75) is 19.8 Å². The molecule has 0 aliphatic carbocycles. The van der Waals surface area contributed by atoms with Gasteiger partial charge in [-0.15, -0.1) is 0 Å². The summed E-state index contributed by atoms with van der Waals surface area (Å²) in [5.74, 6) is -0.421. The number of benzene rings is 2. The maximum atomic E-state index is 14.2. The molecule has 1 aliphatic heterocycles. The number of halogens is 2. The molecule has 1 aromatic heterocycles. The first-order chi connectivity index (χ1) is 19.3. The lowest BCUT2D eigenvalue weighted by atomic mass is 10.1. The summed E-state index contributed by atoms with van der Waals surface area (Å²) in [4.78, 5) is 19.7. The summed E-state index contributed by atoms with van der Waals surface area (Å²) < 4.78 is 40.0. The number of aliphatic imine (C=N–C) groups is 1. The van der Waals surface area contributed by atoms with Crippen LogP contribution in [0.2, 0.25) is 0 Å². The topological polar surface area (TPSA) is 141 Å². The number of fused-ring (bicyclic) bond motifs is 1. The number of aliphatic hydroxyl groups is 1. The van der Waals surface area contributed by atoms with Crippen molar-refractivity contribution in [3.8, 4) is 11.5 Å². The molecule has 0 unspecified atom stereocenters. The Bertz CT molecular complexity index is 1340. The molecule has 11 nitrogen and oxygen atoms in total. The number of H-pyrrole nitrogens is 1. The fourth-order valence-electron chi connectivity index (χ4n) is 4.41. The zero-order valence-electron chi connectivity index (χ0n) is 22.4. The number of aromatic nitrogens is 2. The molecule has 1 aliphatic rings. The lowest BCUT2D eigenvalue weighted by molar-refractivity contribution is -0.117. The third kappa shape index (κ3) is 7.04. The van der Waals surface area contributed by atoms with Crippen molar-refractivity contribution in [1.82, 2.24) is 15.1 Å². The van der Waals surface area contributed by atoms with E-state index >= 15 is 0 Å². The highest BCUT2D eigenvalue weighted by molar-refractivity contribution is 6.16. The predicted octanol–water partition coefficient (Wildman–Crippen LogP) is 2.78. The van der Waals surface area contributed by atoms with Crippen molar-refractivity contribution >= 4 is 28.9 Å². The third-order valence-corrected chi connectivity index (χ3v) is 6.33. The molecule has 0 atom stereocenters. The van der Waals surface area contributed by atoms with Crippen LogP contribution < -0.4 is 25.4 Å². The molecule has 13 heteroatoms. The molecular formula is C27H33F2N7O4. The highest BCUT2D eigenvalue weighted by Gasteiger charge is 2.27. The predicted molar refractivity (Wildman–Crippen MR) is 147 cm³/mol. The van der Waals surface area contributed by atoms with E-state index in [1.54, 1.807) is 23.1 Å². The van der Waals surface area contributed by atoms with E-state index < -0.39 is 17.5 Å². The van der Waals surface area contributed by atoms with Crippen LogP contribution in [0.15, 0.2) is 41.4 Å². The molecule has 2 aromatic carbocycles. The Morgan fingerprint density at radius 3 is 2.62 bits per heavy atom. The molecule has 0 spiro atoms. The summed E-state index contributed by atoms with van der Waals surface area (Å²) in [6, 6.07) is 8.32. The van der Waals surface area contributed by atoms with Crippen LogP contribution in [0.25, 0.3) is 0 Å². The smallest absolute Gasteiger partial charge is 0.223 e. The number of ether oxygens (including phenoxy) is 2. The number of rotatable bonds is 13. The number of nitrogens with one attached hydrogen (secondary N) is 2. The number of amides is 1. The van der Waals surface area contributed by atoms with Gasteiger partial charge in [-0.05, 0) is 31.2 Å². The zero-order chi connectivity index (χ0) is 28.6. The van der Waals surface area contributed by atoms with Gasteiger partial charge in [0.1, 0.15) is 17.5 Å². The second-order valence-corrected chi connectivity index (χ2v) is 9.13. The highest BCUT2D eigenvalue weighted by Crippen LogP contribution is 2.38. The van der Waals surface area contributed by atoms with Crippen LogP contribution >= 0.6 is 0 Å². The fraction of sp³-hybridized carbons (Fsp3) is 0.370. The number of methoxy groups -OCH3 is 1. The minimum atomic E-state index is -0.731. The van der Waals surface area contributed by atoms with Crippen molar-refractivity contribution in [2.75, 3.05) is 56.8 Å². The Balaban J connectivity index is 1.67. The SMILES string of the molecule is CCN(CCO)CCCOc1cc2c(cc1OC)C(=Nc1cc(CC(N)=O)[nH]n1)N(c1cc(F)cc(F)c1)CN2. The Kier molecular flexibility index (Phi) is 9.51. The van der Waals surface area contributed by atoms with Crippen LogP contribution in [-0.2, 0) is 11.2 Å². The monoisotopic (exact) mass is 557 g/mol. The molecule has 40 heavy (non-hydrogen) atoms. The zero-order valence-corrected chi connectivity index (χ0v) is 22.4. The number of hydrogen-bond acceptors (Lipinski definition) is 8. The molecule has 214 valence electrons. The number of anilines is 2. The van der Waals surface area contributed by atoms with E-state index in [0.717, 1.165) is 25.6 Å². The van der Waals surface area contributed by atoms with Crippen LogP contribution in [0.3, 0.4) is 0 Å². The van der Waals surface area contributed by atoms with Gasteiger partial charge in [0.05, 0.1) is 44.8 Å². The number of aromatic amines is 1. The van der Waals surface area contributed by atoms with Crippen molar-refractivity contribution in [2.24, 2.45) is 10.7 Å². The van der Waals surface area contributed by atoms with Crippen molar-refractivity contribution < 1.29 is 28.2 Å². The first kappa shape index (κ1) is 28.8. The third-order valence-electron chi connectivity index (χ3n) is 6.33. The first-order valence-electron chi connectivity index (χ1n) is 12.9. The molecule has 3 aromatic rings. The fourth-order valence-corrected chi connectivity index (χ4v) is 4.41. The van der Waals surface area contributed by atoms with E-state index in [4.69, 9.17) is 15.2 Å². The molecule has 5 N–H and O–H groups in total. The second kappa shape index (κ2) is 13.2. The largest absolute Gasteiger partial charge is 0.493 e. The van der Waals surface area contributed by atoms with E-state index in [0.29, 0.717) is 47.4 Å². The van der Waals surface area contributed by atoms with Crippen LogP contribution in [0.1, 0.15) is 24.6 Å². The maximum absolute atomic E-state index is 14.2. The van der Waals surface area contributed by atoms with E-state index in [9.17, 15) is 18.7 Å². The van der Waals surface area contributed by atoms with E-state index in [-0.39, 0.29) is 31.2 Å². The molecule has 0 bridgehead atoms. The standard InChI is InChI=1S/C27H33F2N7O4/c1-3-35(6-7-37)5-4-8-40-24-15-22-21(14-23(24)39-2)27(32-26-13-19(33-34-26)12-25(30)38)36(16-31-22)20-10-17(28)9-18(29)11-20/h9-11,13-15,31,37H,3-8,12,16H2,1-2H3,(H2,30,38)(H,33,34). The Morgan fingerprint density at radius 1 is 1.18 bits per heavy atom. The van der Waals surface area contributed by atoms with Crippen LogP contribution in [0.4, 0.5) is 26.0 Å². The van der Waals surface area contributed by atoms with Crippen molar-refractivity contribution in [3.63, 3.8) is 0 Å². The van der Waals surface area contributed by atoms with E-state index in [1.807, 2.05) is 6.92 Å². The lowest BCUT2D eigenvalue weighted by Gasteiger charge is -2.33. The summed E-state index contributed by atoms with van der Waals surface area (Å²) in [6.45, 7) is 4.94. The lowest BCUT2D eigenvalue weighted by Crippen LogP contribution is -2.40. The molecule has 0 saturated carbocycles. The van der Waals surface area contributed by atoms with Gasteiger partial charge in [0.15, 0.2) is 17.3 Å². The van der Waals surface area contributed by atoms with Crippen molar-refractivity contribution in [3.05, 3.63) is 59.3 Å². The average Bonchev–Trinajstić information content (AvgIpc) is 3.35. The summed E-state index contributed by atoms with van der Waals surface area (Å²) >= 11 is 0.